The van der Waals surface area contributed by atoms with Crippen LogP contribution in [0.2, 0.25) is 0 Å². The van der Waals surface area contributed by atoms with E-state index in [0.29, 0.717) is 19.6 Å². The van der Waals surface area contributed by atoms with Gasteiger partial charge in [0, 0.05) is 0 Å². The van der Waals surface area contributed by atoms with Gasteiger partial charge in [-0.1, -0.05) is 30.3 Å². The Bertz CT molecular complexity index is 583. The molecule has 1 aliphatic heterocycles. The van der Waals surface area contributed by atoms with Crippen molar-refractivity contribution in [2.24, 2.45) is 0 Å². The largest absolute Gasteiger partial charge is 0.503 e. The van der Waals surface area contributed by atoms with Crippen LogP contribution in [0, 0.1) is 0 Å². The van der Waals surface area contributed by atoms with E-state index in [9.17, 15) is 14.7 Å². The Morgan fingerprint density at radius 2 is 1.95 bits per heavy atom. The molecule has 6 nitrogen and oxygen atoms in total. The van der Waals surface area contributed by atoms with Gasteiger partial charge >= 0.3 is 0 Å². The molecule has 1 aromatic carbocycles. The second-order valence-electron chi connectivity index (χ2n) is 5.22. The highest BCUT2D eigenvalue weighted by molar-refractivity contribution is 6.08. The molecule has 4 N–H and O–H groups in total. The van der Waals surface area contributed by atoms with Gasteiger partial charge in [-0.05, 0) is 12.5 Å². The number of quaternary nitrogens is 1. The summed E-state index contributed by atoms with van der Waals surface area (Å²) in [5, 5.41) is 20.7. The van der Waals surface area contributed by atoms with Crippen LogP contribution in [0.5, 0.6) is 0 Å². The fourth-order valence-electron chi connectivity index (χ4n) is 2.69. The minimum atomic E-state index is -0.547. The van der Waals surface area contributed by atoms with Gasteiger partial charge in [-0.3, -0.25) is 9.59 Å². The highest BCUT2D eigenvalue weighted by Crippen LogP contribution is 2.36. The van der Waals surface area contributed by atoms with E-state index in [0.717, 1.165) is 5.56 Å². The third kappa shape index (κ3) is 3.18. The van der Waals surface area contributed by atoms with Gasteiger partial charge in [0.2, 0.25) is 0 Å². The molecule has 6 heteroatoms. The van der Waals surface area contributed by atoms with Crippen molar-refractivity contribution in [3.63, 3.8) is 0 Å². The molecule has 0 radical (unpaired) electrons. The van der Waals surface area contributed by atoms with Crippen LogP contribution in [0.25, 0.3) is 0 Å². The lowest BCUT2D eigenvalue weighted by Gasteiger charge is -2.25. The third-order valence-corrected chi connectivity index (χ3v) is 3.71. The maximum absolute atomic E-state index is 12.3. The average molecular weight is 305 g/mol. The van der Waals surface area contributed by atoms with Gasteiger partial charge in [0.25, 0.3) is 5.91 Å². The summed E-state index contributed by atoms with van der Waals surface area (Å²) in [6.07, 6.45) is 0. The molecule has 1 aliphatic rings. The van der Waals surface area contributed by atoms with Gasteiger partial charge in [0.1, 0.15) is 0 Å². The third-order valence-electron chi connectivity index (χ3n) is 3.71. The molecule has 1 aromatic rings. The van der Waals surface area contributed by atoms with E-state index in [2.05, 4.69) is 0 Å². The molecular formula is C16H21N2O4+. The molecule has 0 spiro atoms. The van der Waals surface area contributed by atoms with Crippen molar-refractivity contribution in [3.05, 3.63) is 47.2 Å². The number of rotatable bonds is 7. The van der Waals surface area contributed by atoms with E-state index in [1.165, 1.54) is 11.8 Å². The van der Waals surface area contributed by atoms with Gasteiger partial charge in [-0.15, -0.1) is 0 Å². The number of nitrogens with zero attached hydrogens (tertiary/aromatic N) is 1. The van der Waals surface area contributed by atoms with E-state index in [-0.39, 0.29) is 18.0 Å². The summed E-state index contributed by atoms with van der Waals surface area (Å²) in [7, 11) is 0. The minimum Gasteiger partial charge on any atom is -0.503 e. The lowest BCUT2D eigenvalue weighted by molar-refractivity contribution is -0.655. The van der Waals surface area contributed by atoms with Gasteiger partial charge in [-0.25, -0.2) is 0 Å². The van der Waals surface area contributed by atoms with Crippen LogP contribution in [-0.2, 0) is 9.59 Å². The second-order valence-corrected chi connectivity index (χ2v) is 5.22. The lowest BCUT2D eigenvalue weighted by Crippen LogP contribution is -2.86. The smallest absolute Gasteiger partial charge is 0.290 e. The first-order chi connectivity index (χ1) is 10.6. The predicted octanol–water partition coefficient (Wildman–Crippen LogP) is -0.473. The fourth-order valence-corrected chi connectivity index (χ4v) is 2.69. The quantitative estimate of drug-likeness (QED) is 0.593. The van der Waals surface area contributed by atoms with Crippen molar-refractivity contribution in [2.75, 3.05) is 26.2 Å². The van der Waals surface area contributed by atoms with Gasteiger partial charge in [0.05, 0.1) is 37.9 Å². The number of aliphatic hydroxyl groups excluding tert-OH is 2. The fraction of sp³-hybridized carbons (Fsp3) is 0.375. The Morgan fingerprint density at radius 1 is 1.27 bits per heavy atom. The molecule has 2 rings (SSSR count). The summed E-state index contributed by atoms with van der Waals surface area (Å²) < 4.78 is 0. The van der Waals surface area contributed by atoms with E-state index in [1.807, 2.05) is 35.6 Å². The first-order valence-corrected chi connectivity index (χ1v) is 7.30. The minimum absolute atomic E-state index is 0.0677. The molecule has 1 atom stereocenters. The monoisotopic (exact) mass is 305 g/mol. The Morgan fingerprint density at radius 3 is 2.55 bits per heavy atom. The molecule has 1 heterocycles. The first kappa shape index (κ1) is 16.2. The van der Waals surface area contributed by atoms with Crippen molar-refractivity contribution in [3.8, 4) is 0 Å². The molecule has 0 saturated heterocycles. The highest BCUT2D eigenvalue weighted by Gasteiger charge is 2.42. The summed E-state index contributed by atoms with van der Waals surface area (Å²) in [6.45, 7) is 2.96. The number of carbonyl (C=O) groups excluding carboxylic acids is 2. The van der Waals surface area contributed by atoms with Crippen LogP contribution < -0.4 is 5.32 Å². The maximum atomic E-state index is 12.3. The molecule has 0 bridgehead atoms. The van der Waals surface area contributed by atoms with Crippen LogP contribution in [-0.4, -0.2) is 53.0 Å². The first-order valence-electron chi connectivity index (χ1n) is 7.30. The van der Waals surface area contributed by atoms with Crippen LogP contribution in [0.1, 0.15) is 18.5 Å². The van der Waals surface area contributed by atoms with Crippen LogP contribution in [0.3, 0.4) is 0 Å². The van der Waals surface area contributed by atoms with Crippen molar-refractivity contribution >= 4 is 11.7 Å². The Hall–Kier alpha value is -2.18. The molecule has 0 fully saturated rings. The Labute approximate surface area is 129 Å². The standard InChI is InChI=1S/C16H20N2O4/c1-11(20)13-14(12-5-3-2-4-6-12)18(16(22)15(13)21)9-7-17-8-10-19/h2-6,14,17,19,21H,7-10H2,1H3/p+1/t14-/m1/s1. The molecule has 0 aromatic heterocycles. The summed E-state index contributed by atoms with van der Waals surface area (Å²) in [4.78, 5) is 25.6. The number of amides is 1. The summed E-state index contributed by atoms with van der Waals surface area (Å²) >= 11 is 0. The number of hydrogen-bond acceptors (Lipinski definition) is 4. The van der Waals surface area contributed by atoms with Crippen molar-refractivity contribution in [1.82, 2.24) is 4.90 Å². The van der Waals surface area contributed by atoms with Crippen molar-refractivity contribution < 1.29 is 25.1 Å². The predicted molar refractivity (Wildman–Crippen MR) is 80.0 cm³/mol. The molecule has 1 amide bonds. The topological polar surface area (TPSA) is 94.5 Å². The van der Waals surface area contributed by atoms with Crippen molar-refractivity contribution in [2.45, 2.75) is 13.0 Å². The van der Waals surface area contributed by atoms with E-state index in [4.69, 9.17) is 5.11 Å². The van der Waals surface area contributed by atoms with Crippen LogP contribution in [0.4, 0.5) is 0 Å². The summed E-state index contributed by atoms with van der Waals surface area (Å²) in [6, 6.07) is 8.66. The number of Topliss-reactive ketones (excluding diaryl/α,β-unsaturated/α-hetero) is 1. The van der Waals surface area contributed by atoms with E-state index in [1.54, 1.807) is 0 Å². The zero-order valence-corrected chi connectivity index (χ0v) is 12.5. The molecule has 0 aliphatic carbocycles. The van der Waals surface area contributed by atoms with Gasteiger partial charge in [-0.2, -0.15) is 0 Å². The average Bonchev–Trinajstić information content (AvgIpc) is 2.77. The maximum Gasteiger partial charge on any atom is 0.290 e. The number of benzene rings is 1. The lowest BCUT2D eigenvalue weighted by atomic mass is 9.97. The molecule has 118 valence electrons. The molecular weight excluding hydrogens is 284 g/mol. The van der Waals surface area contributed by atoms with E-state index >= 15 is 0 Å². The molecule has 0 unspecified atom stereocenters. The van der Waals surface area contributed by atoms with Crippen LogP contribution in [0.15, 0.2) is 41.7 Å². The van der Waals surface area contributed by atoms with Gasteiger partial charge < -0.3 is 20.4 Å². The highest BCUT2D eigenvalue weighted by atomic mass is 16.3. The molecule has 0 saturated carbocycles. The van der Waals surface area contributed by atoms with Crippen molar-refractivity contribution in [1.29, 1.82) is 0 Å². The Balaban J connectivity index is 2.28. The van der Waals surface area contributed by atoms with Crippen LogP contribution >= 0.6 is 0 Å². The second kappa shape index (κ2) is 7.20. The number of carbonyl (C=O) groups is 2. The number of nitrogens with two attached hydrogens (primary N) is 1. The number of hydrogen-bond donors (Lipinski definition) is 3. The van der Waals surface area contributed by atoms with Gasteiger partial charge in [0.15, 0.2) is 11.5 Å². The normalized spacial score (nSPS) is 18.2. The SMILES string of the molecule is CC(=O)C1=C(O)C(=O)N(CC[NH2+]CCO)[C@@H]1c1ccccc1. The summed E-state index contributed by atoms with van der Waals surface area (Å²) in [5.41, 5.74) is 0.950. The zero-order valence-electron chi connectivity index (χ0n) is 12.5. The molecule has 22 heavy (non-hydrogen) atoms. The van der Waals surface area contributed by atoms with E-state index < -0.39 is 17.7 Å². The zero-order chi connectivity index (χ0) is 16.1. The summed E-state index contributed by atoms with van der Waals surface area (Å²) in [5.74, 6) is -1.28. The number of ketones is 1. The Kier molecular flexibility index (Phi) is 5.30. The number of aliphatic hydroxyl groups is 2.